The molecule has 0 unspecified atom stereocenters. The molecule has 0 radical (unpaired) electrons. The molecule has 1 saturated heterocycles. The van der Waals surface area contributed by atoms with Gasteiger partial charge < -0.3 is 14.8 Å². The second-order valence-corrected chi connectivity index (χ2v) is 9.66. The van der Waals surface area contributed by atoms with Crippen molar-refractivity contribution in [3.63, 3.8) is 0 Å². The van der Waals surface area contributed by atoms with Gasteiger partial charge in [0.15, 0.2) is 0 Å². The van der Waals surface area contributed by atoms with Gasteiger partial charge in [-0.1, -0.05) is 6.07 Å². The van der Waals surface area contributed by atoms with Crippen molar-refractivity contribution in [2.24, 2.45) is 5.92 Å². The molecule has 8 nitrogen and oxygen atoms in total. The van der Waals surface area contributed by atoms with Crippen molar-refractivity contribution in [3.8, 4) is 5.75 Å². The molecule has 1 fully saturated rings. The van der Waals surface area contributed by atoms with Crippen LogP contribution in [0.3, 0.4) is 0 Å². The van der Waals surface area contributed by atoms with E-state index in [0.717, 1.165) is 0 Å². The normalized spacial score (nSPS) is 15.2. The van der Waals surface area contributed by atoms with Crippen molar-refractivity contribution in [2.45, 2.75) is 38.2 Å². The molecule has 184 valence electrons. The van der Waals surface area contributed by atoms with E-state index in [2.05, 4.69) is 10.1 Å². The first-order valence-electron chi connectivity index (χ1n) is 10.8. The molecule has 34 heavy (non-hydrogen) atoms. The number of benzene rings is 2. The number of amides is 1. The lowest BCUT2D eigenvalue weighted by Crippen LogP contribution is -2.41. The molecule has 11 heteroatoms. The maximum Gasteiger partial charge on any atom is 0.387 e. The second-order valence-electron chi connectivity index (χ2n) is 7.72. The summed E-state index contributed by atoms with van der Waals surface area (Å²) >= 11 is 0. The van der Waals surface area contributed by atoms with Gasteiger partial charge in [0.1, 0.15) is 5.75 Å². The Kier molecular flexibility index (Phi) is 8.21. The van der Waals surface area contributed by atoms with E-state index < -0.39 is 28.5 Å². The Morgan fingerprint density at radius 1 is 1.12 bits per heavy atom. The maximum atomic E-state index is 13.0. The quantitative estimate of drug-likeness (QED) is 0.558. The van der Waals surface area contributed by atoms with Gasteiger partial charge >= 0.3 is 12.6 Å². The van der Waals surface area contributed by atoms with Crippen LogP contribution >= 0.6 is 0 Å². The van der Waals surface area contributed by atoms with E-state index in [1.54, 1.807) is 19.9 Å². The van der Waals surface area contributed by atoms with Crippen molar-refractivity contribution in [1.29, 1.82) is 0 Å². The van der Waals surface area contributed by atoms with Crippen LogP contribution in [0.15, 0.2) is 47.4 Å². The third kappa shape index (κ3) is 5.89. The monoisotopic (exact) mass is 496 g/mol. The number of ether oxygens (including phenoxy) is 2. The van der Waals surface area contributed by atoms with E-state index in [4.69, 9.17) is 4.74 Å². The molecule has 1 aliphatic rings. The van der Waals surface area contributed by atoms with E-state index >= 15 is 0 Å². The summed E-state index contributed by atoms with van der Waals surface area (Å²) in [4.78, 5) is 24.5. The SMILES string of the molecule is CCOC(=O)c1ccc(S(=O)(=O)N2CCC(C(=O)Nc3cccc(OC(F)F)c3C)CC2)cc1. The zero-order chi connectivity index (χ0) is 24.9. The number of carbonyl (C=O) groups excluding carboxylic acids is 2. The molecule has 0 aliphatic carbocycles. The summed E-state index contributed by atoms with van der Waals surface area (Å²) in [5.74, 6) is -1.30. The van der Waals surface area contributed by atoms with Crippen molar-refractivity contribution in [1.82, 2.24) is 4.31 Å². The summed E-state index contributed by atoms with van der Waals surface area (Å²) in [5.41, 5.74) is 0.997. The highest BCUT2D eigenvalue weighted by molar-refractivity contribution is 7.89. The minimum atomic E-state index is -3.79. The Morgan fingerprint density at radius 2 is 1.76 bits per heavy atom. The number of nitrogens with zero attached hydrogens (tertiary/aromatic N) is 1. The van der Waals surface area contributed by atoms with Gasteiger partial charge in [-0.05, 0) is 63.1 Å². The van der Waals surface area contributed by atoms with Gasteiger partial charge in [0, 0.05) is 30.3 Å². The highest BCUT2D eigenvalue weighted by atomic mass is 32.2. The first kappa shape index (κ1) is 25.6. The number of piperidine rings is 1. The summed E-state index contributed by atoms with van der Waals surface area (Å²) in [5, 5.41) is 2.73. The van der Waals surface area contributed by atoms with Crippen molar-refractivity contribution >= 4 is 27.6 Å². The number of halogens is 2. The fourth-order valence-corrected chi connectivity index (χ4v) is 5.16. The van der Waals surface area contributed by atoms with E-state index in [-0.39, 0.29) is 41.8 Å². The molecule has 0 spiro atoms. The highest BCUT2D eigenvalue weighted by Gasteiger charge is 2.32. The van der Waals surface area contributed by atoms with Gasteiger partial charge in [-0.2, -0.15) is 13.1 Å². The lowest BCUT2D eigenvalue weighted by Gasteiger charge is -2.30. The number of sulfonamides is 1. The molecule has 0 bridgehead atoms. The molecule has 1 aliphatic heterocycles. The van der Waals surface area contributed by atoms with E-state index in [1.165, 1.54) is 40.7 Å². The highest BCUT2D eigenvalue weighted by Crippen LogP contribution is 2.29. The lowest BCUT2D eigenvalue weighted by molar-refractivity contribution is -0.120. The largest absolute Gasteiger partial charge is 0.462 e. The van der Waals surface area contributed by atoms with Crippen LogP contribution in [0.1, 0.15) is 35.7 Å². The minimum absolute atomic E-state index is 0.0253. The van der Waals surface area contributed by atoms with E-state index in [0.29, 0.717) is 24.1 Å². The number of hydrogen-bond donors (Lipinski definition) is 1. The Hall–Kier alpha value is -3.05. The van der Waals surface area contributed by atoms with Gasteiger partial charge in [-0.25, -0.2) is 13.2 Å². The third-order valence-electron chi connectivity index (χ3n) is 5.59. The Bertz CT molecular complexity index is 1130. The molecule has 0 aromatic heterocycles. The van der Waals surface area contributed by atoms with Crippen LogP contribution < -0.4 is 10.1 Å². The average Bonchev–Trinajstić information content (AvgIpc) is 2.81. The fraction of sp³-hybridized carbons (Fsp3) is 0.391. The third-order valence-corrected chi connectivity index (χ3v) is 7.50. The van der Waals surface area contributed by atoms with Gasteiger partial charge in [0.25, 0.3) is 0 Å². The maximum absolute atomic E-state index is 13.0. The summed E-state index contributed by atoms with van der Waals surface area (Å²) in [6.07, 6.45) is 0.608. The van der Waals surface area contributed by atoms with Gasteiger partial charge in [0.2, 0.25) is 15.9 Å². The molecule has 0 atom stereocenters. The van der Waals surface area contributed by atoms with Crippen LogP contribution in [0, 0.1) is 12.8 Å². The van der Waals surface area contributed by atoms with Crippen molar-refractivity contribution in [3.05, 3.63) is 53.6 Å². The lowest BCUT2D eigenvalue weighted by atomic mass is 9.97. The van der Waals surface area contributed by atoms with Crippen LogP contribution in [0.5, 0.6) is 5.75 Å². The molecule has 1 amide bonds. The smallest absolute Gasteiger partial charge is 0.387 e. The number of alkyl halides is 2. The second kappa shape index (κ2) is 10.9. The zero-order valence-electron chi connectivity index (χ0n) is 18.8. The topological polar surface area (TPSA) is 102 Å². The standard InChI is InChI=1S/C23H26F2N2O6S/c1-3-32-22(29)17-7-9-18(10-8-17)34(30,31)27-13-11-16(12-14-27)21(28)26-19-5-4-6-20(15(19)2)33-23(24)25/h4-10,16,23H,3,11-14H2,1-2H3,(H,26,28). The molecule has 2 aromatic carbocycles. The Balaban J connectivity index is 1.61. The fourth-order valence-electron chi connectivity index (χ4n) is 3.69. The number of rotatable bonds is 8. The van der Waals surface area contributed by atoms with Crippen LogP contribution in [0.2, 0.25) is 0 Å². The van der Waals surface area contributed by atoms with Gasteiger partial charge in [0.05, 0.1) is 17.1 Å². The molecular weight excluding hydrogens is 470 g/mol. The number of nitrogens with one attached hydrogen (secondary N) is 1. The van der Waals surface area contributed by atoms with Crippen LogP contribution in [-0.2, 0) is 19.6 Å². The first-order valence-corrected chi connectivity index (χ1v) is 12.2. The average molecular weight is 497 g/mol. The predicted octanol–water partition coefficient (Wildman–Crippen LogP) is 3.81. The predicted molar refractivity (Wildman–Crippen MR) is 120 cm³/mol. The number of carbonyl (C=O) groups is 2. The van der Waals surface area contributed by atoms with Crippen LogP contribution in [-0.4, -0.2) is 50.9 Å². The number of anilines is 1. The molecule has 1 N–H and O–H groups in total. The first-order chi connectivity index (χ1) is 16.1. The summed E-state index contributed by atoms with van der Waals surface area (Å²) in [7, 11) is -3.79. The summed E-state index contributed by atoms with van der Waals surface area (Å²) < 4.78 is 61.7. The van der Waals surface area contributed by atoms with Crippen LogP contribution in [0.25, 0.3) is 0 Å². The molecule has 1 heterocycles. The minimum Gasteiger partial charge on any atom is -0.462 e. The van der Waals surface area contributed by atoms with E-state index in [1.807, 2.05) is 0 Å². The molecule has 3 rings (SSSR count). The number of esters is 1. The van der Waals surface area contributed by atoms with Crippen molar-refractivity contribution in [2.75, 3.05) is 25.0 Å². The van der Waals surface area contributed by atoms with Crippen molar-refractivity contribution < 1.29 is 36.3 Å². The van der Waals surface area contributed by atoms with E-state index in [9.17, 15) is 26.8 Å². The molecule has 0 saturated carbocycles. The zero-order valence-corrected chi connectivity index (χ0v) is 19.6. The number of hydrogen-bond acceptors (Lipinski definition) is 6. The Labute approximate surface area is 196 Å². The Morgan fingerprint density at radius 3 is 2.35 bits per heavy atom. The summed E-state index contributed by atoms with van der Waals surface area (Å²) in [6, 6.07) is 10.0. The van der Waals surface area contributed by atoms with Gasteiger partial charge in [-0.3, -0.25) is 4.79 Å². The molecular formula is C23H26F2N2O6S. The van der Waals surface area contributed by atoms with Crippen LogP contribution in [0.4, 0.5) is 14.5 Å². The summed E-state index contributed by atoms with van der Waals surface area (Å²) in [6.45, 7) is 0.783. The van der Waals surface area contributed by atoms with Gasteiger partial charge in [-0.15, -0.1) is 0 Å². The molecule has 2 aromatic rings.